The van der Waals surface area contributed by atoms with Gasteiger partial charge in [0.25, 0.3) is 0 Å². The van der Waals surface area contributed by atoms with Gasteiger partial charge in [-0.2, -0.15) is 0 Å². The normalized spacial score (nSPS) is 12.0. The Hall–Kier alpha value is -2.17. The Bertz CT molecular complexity index is 941. The first-order chi connectivity index (χ1) is 12.5. The average molecular weight is 406 g/mol. The molecule has 3 N–H and O–H groups in total. The van der Waals surface area contributed by atoms with Gasteiger partial charge in [-0.1, -0.05) is 40.9 Å². The van der Waals surface area contributed by atoms with Gasteiger partial charge in [-0.05, 0) is 31.2 Å². The average Bonchev–Trinajstić information content (AvgIpc) is 3.07. The summed E-state index contributed by atoms with van der Waals surface area (Å²) in [5.74, 6) is -0.380. The summed E-state index contributed by atoms with van der Waals surface area (Å²) in [6.45, 7) is 1.81. The van der Waals surface area contributed by atoms with Crippen molar-refractivity contribution in [3.8, 4) is 0 Å². The van der Waals surface area contributed by atoms with Crippen LogP contribution in [0.15, 0.2) is 45.2 Å². The zero-order chi connectivity index (χ0) is 18.5. The topological polar surface area (TPSA) is 111 Å². The molecule has 1 unspecified atom stereocenters. The van der Waals surface area contributed by atoms with Crippen molar-refractivity contribution in [2.24, 2.45) is 5.73 Å². The van der Waals surface area contributed by atoms with Crippen LogP contribution in [0.5, 0.6) is 0 Å². The van der Waals surface area contributed by atoms with Crippen LogP contribution < -0.4 is 11.1 Å². The number of thioether (sulfide) groups is 2. The summed E-state index contributed by atoms with van der Waals surface area (Å²) in [6, 6.07) is 9.36. The number of benzene rings is 1. The molecule has 0 aliphatic rings. The third-order valence-corrected chi connectivity index (χ3v) is 6.54. The van der Waals surface area contributed by atoms with Crippen molar-refractivity contribution >= 4 is 63.3 Å². The van der Waals surface area contributed by atoms with Gasteiger partial charge in [0.15, 0.2) is 8.68 Å². The van der Waals surface area contributed by atoms with Gasteiger partial charge >= 0.3 is 0 Å². The van der Waals surface area contributed by atoms with Gasteiger partial charge < -0.3 is 11.1 Å². The molecule has 0 radical (unpaired) electrons. The molecule has 134 valence electrons. The Morgan fingerprint density at radius 1 is 1.23 bits per heavy atom. The second kappa shape index (κ2) is 8.47. The van der Waals surface area contributed by atoms with E-state index in [0.717, 1.165) is 16.6 Å². The molecule has 0 fully saturated rings. The lowest BCUT2D eigenvalue weighted by molar-refractivity contribution is -0.116. The van der Waals surface area contributed by atoms with Gasteiger partial charge in [0.1, 0.15) is 0 Å². The number of carbonyl (C=O) groups is 2. The minimum atomic E-state index is -0.406. The summed E-state index contributed by atoms with van der Waals surface area (Å²) in [6.07, 6.45) is 1.72. The number of nitrogens with two attached hydrogens (primary N) is 1. The van der Waals surface area contributed by atoms with Crippen LogP contribution in [0.25, 0.3) is 10.9 Å². The van der Waals surface area contributed by atoms with Crippen LogP contribution in [0.2, 0.25) is 0 Å². The second-order valence-electron chi connectivity index (χ2n) is 5.21. The summed E-state index contributed by atoms with van der Waals surface area (Å²) in [5, 5.41) is 11.5. The third-order valence-electron chi connectivity index (χ3n) is 3.28. The van der Waals surface area contributed by atoms with E-state index >= 15 is 0 Å². The van der Waals surface area contributed by atoms with Crippen LogP contribution in [0.1, 0.15) is 6.92 Å². The summed E-state index contributed by atoms with van der Waals surface area (Å²) in [4.78, 5) is 27.6. The molecule has 1 atom stereocenters. The van der Waals surface area contributed by atoms with E-state index in [2.05, 4.69) is 20.5 Å². The largest absolute Gasteiger partial charge is 0.369 e. The fourth-order valence-electron chi connectivity index (χ4n) is 2.09. The molecule has 2 aromatic heterocycles. The summed E-state index contributed by atoms with van der Waals surface area (Å²) < 4.78 is 1.32. The highest BCUT2D eigenvalue weighted by molar-refractivity contribution is 8.04. The predicted molar refractivity (Wildman–Crippen MR) is 106 cm³/mol. The number of fused-ring (bicyclic) bond motifs is 1. The lowest BCUT2D eigenvalue weighted by atomic mass is 10.2. The number of hydrogen-bond donors (Lipinski definition) is 2. The highest BCUT2D eigenvalue weighted by Crippen LogP contribution is 2.31. The monoisotopic (exact) mass is 405 g/mol. The molecule has 7 nitrogen and oxygen atoms in total. The van der Waals surface area contributed by atoms with Crippen LogP contribution in [0, 0.1) is 0 Å². The zero-order valence-corrected chi connectivity index (χ0v) is 16.2. The molecule has 2 heterocycles. The molecule has 0 saturated carbocycles. The molecule has 0 saturated heterocycles. The number of hydrogen-bond acceptors (Lipinski definition) is 8. The molecule has 1 aromatic carbocycles. The lowest BCUT2D eigenvalue weighted by Gasteiger charge is -2.12. The maximum absolute atomic E-state index is 12.5. The number of nitrogens with zero attached hydrogens (tertiary/aromatic N) is 3. The first kappa shape index (κ1) is 18.6. The van der Waals surface area contributed by atoms with E-state index in [1.807, 2.05) is 30.3 Å². The zero-order valence-electron chi connectivity index (χ0n) is 13.7. The third kappa shape index (κ3) is 4.71. The number of pyridine rings is 1. The van der Waals surface area contributed by atoms with Crippen molar-refractivity contribution in [2.75, 3.05) is 11.1 Å². The quantitative estimate of drug-likeness (QED) is 0.581. The Morgan fingerprint density at radius 2 is 2.04 bits per heavy atom. The molecule has 26 heavy (non-hydrogen) atoms. The van der Waals surface area contributed by atoms with Gasteiger partial charge in [0.05, 0.1) is 22.2 Å². The standard InChI is InChI=1S/C16H15N5O2S3/c1-9(25-16-21-20-15(26-16)24-8-13(17)22)14(23)19-12-6-2-5-11-10(12)4-3-7-18-11/h2-7,9H,8H2,1H3,(H2,17,22)(H,19,23). The van der Waals surface area contributed by atoms with Gasteiger partial charge in [0, 0.05) is 11.6 Å². The van der Waals surface area contributed by atoms with Gasteiger partial charge in [-0.15, -0.1) is 10.2 Å². The van der Waals surface area contributed by atoms with E-state index in [1.165, 1.54) is 34.9 Å². The van der Waals surface area contributed by atoms with Gasteiger partial charge in [-0.3, -0.25) is 14.6 Å². The van der Waals surface area contributed by atoms with E-state index < -0.39 is 5.91 Å². The number of amides is 2. The molecule has 0 bridgehead atoms. The fraction of sp³-hybridized carbons (Fsp3) is 0.188. The predicted octanol–water partition coefficient (Wildman–Crippen LogP) is 2.78. The van der Waals surface area contributed by atoms with Crippen molar-refractivity contribution in [3.05, 3.63) is 36.5 Å². The number of rotatable bonds is 7. The first-order valence-electron chi connectivity index (χ1n) is 7.59. The van der Waals surface area contributed by atoms with E-state index in [9.17, 15) is 9.59 Å². The minimum absolute atomic E-state index is 0.132. The number of primary amides is 1. The molecule has 0 aliphatic heterocycles. The molecular formula is C16H15N5O2S3. The van der Waals surface area contributed by atoms with E-state index in [-0.39, 0.29) is 16.9 Å². The van der Waals surface area contributed by atoms with Crippen molar-refractivity contribution < 1.29 is 9.59 Å². The number of carbonyl (C=O) groups excluding carboxylic acids is 2. The Labute approximate surface area is 162 Å². The maximum Gasteiger partial charge on any atom is 0.237 e. The van der Waals surface area contributed by atoms with Crippen LogP contribution >= 0.6 is 34.9 Å². The Kier molecular flexibility index (Phi) is 6.07. The van der Waals surface area contributed by atoms with Crippen LogP contribution in [0.4, 0.5) is 5.69 Å². The molecule has 2 amide bonds. The highest BCUT2D eigenvalue weighted by Gasteiger charge is 2.18. The van der Waals surface area contributed by atoms with Crippen molar-refractivity contribution in [1.82, 2.24) is 15.2 Å². The van der Waals surface area contributed by atoms with Gasteiger partial charge in [-0.25, -0.2) is 0 Å². The Morgan fingerprint density at radius 3 is 2.85 bits per heavy atom. The number of anilines is 1. The second-order valence-corrected chi connectivity index (χ2v) is 9.00. The van der Waals surface area contributed by atoms with E-state index in [1.54, 1.807) is 13.1 Å². The Balaban J connectivity index is 1.63. The molecule has 3 aromatic rings. The number of aromatic nitrogens is 3. The summed E-state index contributed by atoms with van der Waals surface area (Å²) in [7, 11) is 0. The first-order valence-corrected chi connectivity index (χ1v) is 10.3. The van der Waals surface area contributed by atoms with Crippen molar-refractivity contribution in [1.29, 1.82) is 0 Å². The lowest BCUT2D eigenvalue weighted by Crippen LogP contribution is -2.22. The number of nitrogens with one attached hydrogen (secondary N) is 1. The minimum Gasteiger partial charge on any atom is -0.369 e. The van der Waals surface area contributed by atoms with Gasteiger partial charge in [0.2, 0.25) is 11.8 Å². The van der Waals surface area contributed by atoms with E-state index in [0.29, 0.717) is 8.68 Å². The van der Waals surface area contributed by atoms with Crippen molar-refractivity contribution in [3.63, 3.8) is 0 Å². The van der Waals surface area contributed by atoms with Crippen LogP contribution in [0.3, 0.4) is 0 Å². The molecule has 3 rings (SSSR count). The van der Waals surface area contributed by atoms with Crippen molar-refractivity contribution in [2.45, 2.75) is 20.9 Å². The summed E-state index contributed by atoms with van der Waals surface area (Å²) in [5.41, 5.74) is 6.66. The van der Waals surface area contributed by atoms with Crippen LogP contribution in [-0.2, 0) is 9.59 Å². The molecule has 10 heteroatoms. The van der Waals surface area contributed by atoms with Crippen LogP contribution in [-0.4, -0.2) is 38.0 Å². The SMILES string of the molecule is CC(Sc1nnc(SCC(N)=O)s1)C(=O)Nc1cccc2ncccc12. The molecule has 0 aliphatic carbocycles. The molecular weight excluding hydrogens is 390 g/mol. The fourth-order valence-corrected chi connectivity index (χ4v) is 4.99. The smallest absolute Gasteiger partial charge is 0.237 e. The molecule has 0 spiro atoms. The maximum atomic E-state index is 12.5. The van der Waals surface area contributed by atoms with E-state index in [4.69, 9.17) is 5.73 Å². The highest BCUT2D eigenvalue weighted by atomic mass is 32.2. The summed E-state index contributed by atoms with van der Waals surface area (Å²) >= 11 is 3.89.